The first-order valence-corrected chi connectivity index (χ1v) is 7.62. The number of hydrogen-bond donors (Lipinski definition) is 1. The third kappa shape index (κ3) is 2.81. The van der Waals surface area contributed by atoms with Crippen molar-refractivity contribution >= 4 is 44.5 Å². The van der Waals surface area contributed by atoms with Crippen LogP contribution in [0.5, 0.6) is 0 Å². The second kappa shape index (κ2) is 5.46. The second-order valence-electron chi connectivity index (χ2n) is 4.23. The summed E-state index contributed by atoms with van der Waals surface area (Å²) in [6.07, 6.45) is 0. The molecule has 2 aromatic carbocycles. The van der Waals surface area contributed by atoms with Crippen LogP contribution in [-0.4, -0.2) is 4.98 Å². The Kier molecular flexibility index (Phi) is 3.67. The number of thioether (sulfide) groups is 1. The van der Waals surface area contributed by atoms with Crippen molar-refractivity contribution < 1.29 is 8.81 Å². The number of oxazole rings is 1. The lowest BCUT2D eigenvalue weighted by molar-refractivity contribution is 0.489. The van der Waals surface area contributed by atoms with Gasteiger partial charge in [-0.1, -0.05) is 33.8 Å². The SMILES string of the molecule is Nc1ccc2nc(SCc3ccc(F)cc3Br)oc2c1. The molecule has 0 bridgehead atoms. The van der Waals surface area contributed by atoms with Crippen LogP contribution in [-0.2, 0) is 5.75 Å². The highest BCUT2D eigenvalue weighted by atomic mass is 79.9. The van der Waals surface area contributed by atoms with E-state index in [9.17, 15) is 4.39 Å². The maximum Gasteiger partial charge on any atom is 0.257 e. The van der Waals surface area contributed by atoms with Gasteiger partial charge in [0.05, 0.1) is 0 Å². The fourth-order valence-electron chi connectivity index (χ4n) is 1.76. The van der Waals surface area contributed by atoms with Crippen molar-refractivity contribution in [3.63, 3.8) is 0 Å². The molecular weight excluding hydrogens is 343 g/mol. The molecule has 0 radical (unpaired) electrons. The van der Waals surface area contributed by atoms with Crippen LogP contribution in [0, 0.1) is 5.82 Å². The number of nitrogens with two attached hydrogens (primary N) is 1. The van der Waals surface area contributed by atoms with Gasteiger partial charge in [0.2, 0.25) is 0 Å². The van der Waals surface area contributed by atoms with Crippen LogP contribution in [0.1, 0.15) is 5.56 Å². The van der Waals surface area contributed by atoms with Crippen LogP contribution in [0.3, 0.4) is 0 Å². The van der Waals surface area contributed by atoms with Gasteiger partial charge in [-0.05, 0) is 29.8 Å². The van der Waals surface area contributed by atoms with E-state index in [2.05, 4.69) is 20.9 Å². The number of hydrogen-bond acceptors (Lipinski definition) is 4. The van der Waals surface area contributed by atoms with Crippen LogP contribution in [0.15, 0.2) is 50.5 Å². The predicted octanol–water partition coefficient (Wildman–Crippen LogP) is 4.60. The van der Waals surface area contributed by atoms with E-state index in [1.165, 1.54) is 23.9 Å². The standard InChI is InChI=1S/C14H10BrFN2OS/c15-11-5-9(16)2-1-8(11)7-20-14-18-12-4-3-10(17)6-13(12)19-14/h1-6H,7,17H2. The fraction of sp³-hybridized carbons (Fsp3) is 0.0714. The highest BCUT2D eigenvalue weighted by Crippen LogP contribution is 2.29. The first kappa shape index (κ1) is 13.5. The molecule has 0 aliphatic heterocycles. The Labute approximate surface area is 127 Å². The first-order valence-electron chi connectivity index (χ1n) is 5.84. The Hall–Kier alpha value is -1.53. The van der Waals surface area contributed by atoms with Crippen LogP contribution < -0.4 is 5.73 Å². The summed E-state index contributed by atoms with van der Waals surface area (Å²) in [5.74, 6) is 0.381. The number of benzene rings is 2. The molecule has 0 aliphatic rings. The molecule has 6 heteroatoms. The van der Waals surface area contributed by atoms with Crippen LogP contribution >= 0.6 is 27.7 Å². The molecule has 2 N–H and O–H groups in total. The van der Waals surface area contributed by atoms with Gasteiger partial charge in [-0.3, -0.25) is 0 Å². The molecule has 1 heterocycles. The van der Waals surface area contributed by atoms with Crippen LogP contribution in [0.25, 0.3) is 11.1 Å². The molecular formula is C14H10BrFN2OS. The molecule has 0 unspecified atom stereocenters. The second-order valence-corrected chi connectivity index (χ2v) is 6.01. The van der Waals surface area contributed by atoms with Gasteiger partial charge >= 0.3 is 0 Å². The lowest BCUT2D eigenvalue weighted by Gasteiger charge is -2.01. The van der Waals surface area contributed by atoms with E-state index in [0.717, 1.165) is 15.6 Å². The van der Waals surface area contributed by atoms with E-state index in [1.54, 1.807) is 18.2 Å². The van der Waals surface area contributed by atoms with Gasteiger partial charge in [-0.2, -0.15) is 0 Å². The van der Waals surface area contributed by atoms with Gasteiger partial charge in [0.15, 0.2) is 5.58 Å². The molecule has 1 aromatic heterocycles. The first-order chi connectivity index (χ1) is 9.61. The Balaban J connectivity index is 1.79. The summed E-state index contributed by atoms with van der Waals surface area (Å²) >= 11 is 4.80. The Morgan fingerprint density at radius 2 is 2.10 bits per heavy atom. The number of nitrogens with zero attached hydrogens (tertiary/aromatic N) is 1. The Bertz CT molecular complexity index is 775. The quantitative estimate of drug-likeness (QED) is 0.552. The summed E-state index contributed by atoms with van der Waals surface area (Å²) in [4.78, 5) is 4.37. The normalized spacial score (nSPS) is 11.1. The van der Waals surface area contributed by atoms with Crippen molar-refractivity contribution in [2.45, 2.75) is 11.0 Å². The van der Waals surface area contributed by atoms with Crippen LogP contribution in [0.2, 0.25) is 0 Å². The number of halogens is 2. The van der Waals surface area contributed by atoms with Crippen molar-refractivity contribution in [2.75, 3.05) is 5.73 Å². The smallest absolute Gasteiger partial charge is 0.257 e. The zero-order valence-corrected chi connectivity index (χ0v) is 12.7. The molecule has 102 valence electrons. The Morgan fingerprint density at radius 1 is 1.25 bits per heavy atom. The molecule has 0 saturated carbocycles. The molecule has 0 amide bonds. The fourth-order valence-corrected chi connectivity index (χ4v) is 3.28. The van der Waals surface area contributed by atoms with E-state index >= 15 is 0 Å². The van der Waals surface area contributed by atoms with Gasteiger partial charge in [0, 0.05) is 22.0 Å². The number of anilines is 1. The van der Waals surface area contributed by atoms with Crippen molar-refractivity contribution in [1.82, 2.24) is 4.98 Å². The molecule has 20 heavy (non-hydrogen) atoms. The number of nitrogen functional groups attached to an aromatic ring is 1. The minimum Gasteiger partial charge on any atom is -0.431 e. The summed E-state index contributed by atoms with van der Waals surface area (Å²) in [5, 5.41) is 0.571. The molecule has 3 aromatic rings. The maximum absolute atomic E-state index is 13.0. The van der Waals surface area contributed by atoms with Crippen molar-refractivity contribution in [2.24, 2.45) is 0 Å². The zero-order valence-electron chi connectivity index (χ0n) is 10.3. The van der Waals surface area contributed by atoms with Crippen LogP contribution in [0.4, 0.5) is 10.1 Å². The minimum atomic E-state index is -0.261. The van der Waals surface area contributed by atoms with Gasteiger partial charge in [-0.15, -0.1) is 0 Å². The van der Waals surface area contributed by atoms with Crippen molar-refractivity contribution in [3.05, 3.63) is 52.3 Å². The topological polar surface area (TPSA) is 52.0 Å². The monoisotopic (exact) mass is 352 g/mol. The van der Waals surface area contributed by atoms with Crippen molar-refractivity contribution in [3.8, 4) is 0 Å². The highest BCUT2D eigenvalue weighted by Gasteiger charge is 2.08. The van der Waals surface area contributed by atoms with E-state index < -0.39 is 0 Å². The molecule has 3 nitrogen and oxygen atoms in total. The van der Waals surface area contributed by atoms with Gasteiger partial charge in [-0.25, -0.2) is 9.37 Å². The molecule has 0 spiro atoms. The molecule has 3 rings (SSSR count). The summed E-state index contributed by atoms with van der Waals surface area (Å²) in [5.41, 5.74) is 8.77. The van der Waals surface area contributed by atoms with Gasteiger partial charge < -0.3 is 10.2 Å². The maximum atomic E-state index is 13.0. The lowest BCUT2D eigenvalue weighted by Crippen LogP contribution is -1.84. The Morgan fingerprint density at radius 3 is 2.90 bits per heavy atom. The van der Waals surface area contributed by atoms with Gasteiger partial charge in [0.25, 0.3) is 5.22 Å². The predicted molar refractivity (Wildman–Crippen MR) is 82.1 cm³/mol. The minimum absolute atomic E-state index is 0.261. The van der Waals surface area contributed by atoms with E-state index in [1.807, 2.05) is 6.07 Å². The average Bonchev–Trinajstić information content (AvgIpc) is 2.79. The molecule has 0 saturated heterocycles. The largest absolute Gasteiger partial charge is 0.431 e. The number of rotatable bonds is 3. The average molecular weight is 353 g/mol. The molecule has 0 fully saturated rings. The zero-order chi connectivity index (χ0) is 14.1. The lowest BCUT2D eigenvalue weighted by atomic mass is 10.2. The molecule has 0 aliphatic carbocycles. The third-order valence-corrected chi connectivity index (χ3v) is 4.37. The number of aromatic nitrogens is 1. The summed E-state index contributed by atoms with van der Waals surface area (Å²) in [6.45, 7) is 0. The van der Waals surface area contributed by atoms with E-state index in [0.29, 0.717) is 22.2 Å². The molecule has 0 atom stereocenters. The summed E-state index contributed by atoms with van der Waals surface area (Å²) in [7, 11) is 0. The van der Waals surface area contributed by atoms with E-state index in [-0.39, 0.29) is 5.82 Å². The summed E-state index contributed by atoms with van der Waals surface area (Å²) in [6, 6.07) is 9.99. The summed E-state index contributed by atoms with van der Waals surface area (Å²) < 4.78 is 19.4. The number of fused-ring (bicyclic) bond motifs is 1. The van der Waals surface area contributed by atoms with E-state index in [4.69, 9.17) is 10.2 Å². The highest BCUT2D eigenvalue weighted by molar-refractivity contribution is 9.10. The van der Waals surface area contributed by atoms with Crippen molar-refractivity contribution in [1.29, 1.82) is 0 Å². The van der Waals surface area contributed by atoms with Gasteiger partial charge in [0.1, 0.15) is 11.3 Å². The third-order valence-electron chi connectivity index (χ3n) is 2.76.